The zero-order chi connectivity index (χ0) is 16.0. The molecule has 1 N–H and O–H groups in total. The van der Waals surface area contributed by atoms with Gasteiger partial charge in [-0.05, 0) is 18.6 Å². The van der Waals surface area contributed by atoms with Crippen LogP contribution in [0.1, 0.15) is 32.3 Å². The van der Waals surface area contributed by atoms with Crippen LogP contribution in [-0.2, 0) is 15.1 Å². The number of nitriles is 1. The van der Waals surface area contributed by atoms with Crippen LogP contribution in [0.25, 0.3) is 0 Å². The Hall–Kier alpha value is -2.03. The fraction of sp³-hybridized carbons (Fsp3) is 0.471. The van der Waals surface area contributed by atoms with Crippen LogP contribution in [0.4, 0.5) is 0 Å². The number of carbonyl (C=O) groups is 1. The highest BCUT2D eigenvalue weighted by atomic mass is 16.5. The SMILES string of the molecule is CC1(C)CC2(C=C(C#N)C1=O)CC(O)(c1cccnc1)CO2. The Labute approximate surface area is 129 Å². The Bertz CT molecular complexity index is 690. The molecule has 2 aliphatic rings. The van der Waals surface area contributed by atoms with Gasteiger partial charge in [0, 0.05) is 29.8 Å². The molecular weight excluding hydrogens is 280 g/mol. The van der Waals surface area contributed by atoms with Gasteiger partial charge in [0.1, 0.15) is 11.7 Å². The number of allylic oxidation sites excluding steroid dienone is 1. The zero-order valence-corrected chi connectivity index (χ0v) is 12.7. The maximum Gasteiger partial charge on any atom is 0.178 e. The molecule has 1 saturated heterocycles. The van der Waals surface area contributed by atoms with E-state index in [1.165, 1.54) is 0 Å². The quantitative estimate of drug-likeness (QED) is 0.856. The van der Waals surface area contributed by atoms with E-state index in [9.17, 15) is 15.2 Å². The summed E-state index contributed by atoms with van der Waals surface area (Å²) in [6, 6.07) is 5.54. The molecule has 1 fully saturated rings. The molecule has 1 spiro atoms. The first kappa shape index (κ1) is 14.9. The van der Waals surface area contributed by atoms with E-state index in [0.29, 0.717) is 18.4 Å². The number of Topliss-reactive ketones (excluding diaryl/α,β-unsaturated/α-hetero) is 1. The molecule has 0 amide bonds. The van der Waals surface area contributed by atoms with Gasteiger partial charge in [-0.1, -0.05) is 19.9 Å². The lowest BCUT2D eigenvalue weighted by Gasteiger charge is -2.38. The van der Waals surface area contributed by atoms with Crippen molar-refractivity contribution in [3.63, 3.8) is 0 Å². The summed E-state index contributed by atoms with van der Waals surface area (Å²) >= 11 is 0. The number of rotatable bonds is 1. The van der Waals surface area contributed by atoms with E-state index in [-0.39, 0.29) is 18.0 Å². The minimum absolute atomic E-state index is 0.117. The van der Waals surface area contributed by atoms with Gasteiger partial charge >= 0.3 is 0 Å². The predicted molar refractivity (Wildman–Crippen MR) is 78.5 cm³/mol. The molecule has 3 rings (SSSR count). The van der Waals surface area contributed by atoms with Crippen LogP contribution in [0.2, 0.25) is 0 Å². The van der Waals surface area contributed by atoms with E-state index in [1.54, 1.807) is 24.5 Å². The molecule has 1 aliphatic carbocycles. The minimum atomic E-state index is -1.15. The van der Waals surface area contributed by atoms with Gasteiger partial charge in [0.25, 0.3) is 0 Å². The van der Waals surface area contributed by atoms with Crippen LogP contribution in [0.5, 0.6) is 0 Å². The molecule has 1 aromatic heterocycles. The third-order valence-electron chi connectivity index (χ3n) is 4.52. The van der Waals surface area contributed by atoms with E-state index in [2.05, 4.69) is 4.98 Å². The van der Waals surface area contributed by atoms with Crippen molar-refractivity contribution in [2.45, 2.75) is 37.9 Å². The van der Waals surface area contributed by atoms with Crippen molar-refractivity contribution < 1.29 is 14.6 Å². The van der Waals surface area contributed by atoms with Crippen molar-refractivity contribution in [3.8, 4) is 6.07 Å². The highest BCUT2D eigenvalue weighted by Crippen LogP contribution is 2.49. The molecule has 0 radical (unpaired) electrons. The Balaban J connectivity index is 1.99. The highest BCUT2D eigenvalue weighted by Gasteiger charge is 2.54. The van der Waals surface area contributed by atoms with E-state index in [0.717, 1.165) is 0 Å². The van der Waals surface area contributed by atoms with Crippen molar-refractivity contribution in [3.05, 3.63) is 41.7 Å². The number of pyridine rings is 1. The van der Waals surface area contributed by atoms with Crippen molar-refractivity contribution >= 4 is 5.78 Å². The average molecular weight is 298 g/mol. The van der Waals surface area contributed by atoms with Crippen LogP contribution in [-0.4, -0.2) is 28.1 Å². The average Bonchev–Trinajstić information content (AvgIpc) is 2.81. The number of ketones is 1. The lowest BCUT2D eigenvalue weighted by atomic mass is 9.67. The first-order valence-electron chi connectivity index (χ1n) is 7.25. The molecule has 1 aromatic rings. The number of hydrogen-bond donors (Lipinski definition) is 1. The summed E-state index contributed by atoms with van der Waals surface area (Å²) in [5, 5.41) is 20.1. The van der Waals surface area contributed by atoms with E-state index in [4.69, 9.17) is 4.74 Å². The van der Waals surface area contributed by atoms with Crippen molar-refractivity contribution in [2.75, 3.05) is 6.61 Å². The second-order valence-electron chi connectivity index (χ2n) is 6.86. The van der Waals surface area contributed by atoms with Crippen LogP contribution < -0.4 is 0 Å². The van der Waals surface area contributed by atoms with Crippen LogP contribution in [0.3, 0.4) is 0 Å². The first-order valence-corrected chi connectivity index (χ1v) is 7.25. The maximum atomic E-state index is 12.2. The maximum absolute atomic E-state index is 12.2. The topological polar surface area (TPSA) is 83.2 Å². The number of aliphatic hydroxyl groups is 1. The zero-order valence-electron chi connectivity index (χ0n) is 12.7. The smallest absolute Gasteiger partial charge is 0.178 e. The molecule has 5 heteroatoms. The second kappa shape index (κ2) is 4.73. The minimum Gasteiger partial charge on any atom is -0.383 e. The molecule has 5 nitrogen and oxygen atoms in total. The summed E-state index contributed by atoms with van der Waals surface area (Å²) in [7, 11) is 0. The molecule has 0 saturated carbocycles. The predicted octanol–water partition coefficient (Wildman–Crippen LogP) is 1.88. The summed E-state index contributed by atoms with van der Waals surface area (Å²) < 4.78 is 5.91. The number of hydrogen-bond acceptors (Lipinski definition) is 5. The van der Waals surface area contributed by atoms with Gasteiger partial charge in [0.15, 0.2) is 5.78 Å². The third-order valence-corrected chi connectivity index (χ3v) is 4.52. The van der Waals surface area contributed by atoms with Crippen molar-refractivity contribution in [1.82, 2.24) is 4.98 Å². The molecule has 114 valence electrons. The molecule has 0 aromatic carbocycles. The Kier molecular flexibility index (Phi) is 3.20. The van der Waals surface area contributed by atoms with Gasteiger partial charge < -0.3 is 9.84 Å². The Morgan fingerprint density at radius 3 is 2.82 bits per heavy atom. The fourth-order valence-electron chi connectivity index (χ4n) is 3.55. The summed E-state index contributed by atoms with van der Waals surface area (Å²) in [6.45, 7) is 3.75. The molecule has 0 bridgehead atoms. The highest BCUT2D eigenvalue weighted by molar-refractivity contribution is 6.03. The van der Waals surface area contributed by atoms with Gasteiger partial charge in [0.05, 0.1) is 17.8 Å². The van der Waals surface area contributed by atoms with Crippen molar-refractivity contribution in [1.29, 1.82) is 5.26 Å². The lowest BCUT2D eigenvalue weighted by Crippen LogP contribution is -2.43. The van der Waals surface area contributed by atoms with Crippen LogP contribution in [0.15, 0.2) is 36.2 Å². The van der Waals surface area contributed by atoms with Gasteiger partial charge in [-0.25, -0.2) is 0 Å². The lowest BCUT2D eigenvalue weighted by molar-refractivity contribution is -0.127. The van der Waals surface area contributed by atoms with Gasteiger partial charge in [-0.2, -0.15) is 5.26 Å². The summed E-state index contributed by atoms with van der Waals surface area (Å²) in [4.78, 5) is 16.3. The summed E-state index contributed by atoms with van der Waals surface area (Å²) in [6.07, 6.45) is 5.63. The molecule has 2 atom stereocenters. The number of aromatic nitrogens is 1. The molecule has 2 unspecified atom stereocenters. The Morgan fingerprint density at radius 2 is 2.18 bits per heavy atom. The normalized spacial score (nSPS) is 33.5. The third kappa shape index (κ3) is 2.25. The van der Waals surface area contributed by atoms with Gasteiger partial charge in [-0.15, -0.1) is 0 Å². The summed E-state index contributed by atoms with van der Waals surface area (Å²) in [5.74, 6) is -0.166. The van der Waals surface area contributed by atoms with Gasteiger partial charge in [-0.3, -0.25) is 9.78 Å². The number of nitrogens with zero attached hydrogens (tertiary/aromatic N) is 2. The van der Waals surface area contributed by atoms with Crippen molar-refractivity contribution in [2.24, 2.45) is 5.41 Å². The largest absolute Gasteiger partial charge is 0.383 e. The summed E-state index contributed by atoms with van der Waals surface area (Å²) in [5.41, 5.74) is -1.81. The molecular formula is C17H18N2O3. The molecule has 2 heterocycles. The fourth-order valence-corrected chi connectivity index (χ4v) is 3.55. The molecule has 1 aliphatic heterocycles. The Morgan fingerprint density at radius 1 is 1.41 bits per heavy atom. The van der Waals surface area contributed by atoms with E-state index in [1.807, 2.05) is 26.0 Å². The van der Waals surface area contributed by atoms with E-state index < -0.39 is 16.6 Å². The van der Waals surface area contributed by atoms with Crippen LogP contribution >= 0.6 is 0 Å². The number of carbonyl (C=O) groups excluding carboxylic acids is 1. The monoisotopic (exact) mass is 298 g/mol. The molecule has 22 heavy (non-hydrogen) atoms. The second-order valence-corrected chi connectivity index (χ2v) is 6.86. The van der Waals surface area contributed by atoms with Crippen LogP contribution in [0, 0.1) is 16.7 Å². The van der Waals surface area contributed by atoms with Gasteiger partial charge in [0.2, 0.25) is 0 Å². The number of ether oxygens (including phenoxy) is 1. The van der Waals surface area contributed by atoms with E-state index >= 15 is 0 Å². The standard InChI is InChI=1S/C17H18N2O3/c1-15(2)9-16(6-12(7-18)14(15)20)10-17(21,11-22-16)13-4-3-5-19-8-13/h3-6,8,21H,9-11H2,1-2H3. The first-order chi connectivity index (χ1) is 10.3.